The van der Waals surface area contributed by atoms with Gasteiger partial charge >= 0.3 is 6.09 Å². The lowest BCUT2D eigenvalue weighted by atomic mass is 9.81. The van der Waals surface area contributed by atoms with Crippen LogP contribution in [0.25, 0.3) is 0 Å². The van der Waals surface area contributed by atoms with Crippen molar-refractivity contribution in [1.29, 1.82) is 0 Å². The highest BCUT2D eigenvalue weighted by molar-refractivity contribution is 5.93. The van der Waals surface area contributed by atoms with Crippen molar-refractivity contribution in [3.63, 3.8) is 0 Å². The van der Waals surface area contributed by atoms with Gasteiger partial charge in [0.25, 0.3) is 0 Å². The van der Waals surface area contributed by atoms with Crippen molar-refractivity contribution >= 4 is 17.7 Å². The number of hydrogen-bond acceptors (Lipinski definition) is 4. The molecule has 1 fully saturated rings. The fourth-order valence-corrected chi connectivity index (χ4v) is 4.69. The van der Waals surface area contributed by atoms with Crippen LogP contribution in [0.15, 0.2) is 18.2 Å². The Morgan fingerprint density at radius 3 is 2.37 bits per heavy atom. The van der Waals surface area contributed by atoms with E-state index in [2.05, 4.69) is 32.0 Å². The lowest BCUT2D eigenvalue weighted by Crippen LogP contribution is -2.48. The molecule has 3 atom stereocenters. The molecular formula is C24H37N3O3. The number of hydrogen-bond donors (Lipinski definition) is 1. The summed E-state index contributed by atoms with van der Waals surface area (Å²) in [6, 6.07) is 6.40. The van der Waals surface area contributed by atoms with Gasteiger partial charge in [0.05, 0.1) is 0 Å². The first kappa shape index (κ1) is 22.6. The fourth-order valence-electron chi connectivity index (χ4n) is 4.69. The van der Waals surface area contributed by atoms with Crippen LogP contribution in [0.2, 0.25) is 0 Å². The molecule has 0 saturated carbocycles. The minimum Gasteiger partial charge on any atom is -0.444 e. The Balaban J connectivity index is 1.67. The van der Waals surface area contributed by atoms with Crippen LogP contribution in [0.1, 0.15) is 71.6 Å². The van der Waals surface area contributed by atoms with E-state index >= 15 is 0 Å². The first-order valence-electron chi connectivity index (χ1n) is 11.1. The van der Waals surface area contributed by atoms with Crippen LogP contribution in [0.4, 0.5) is 10.5 Å². The zero-order chi connectivity index (χ0) is 22.2. The number of piperidine rings is 1. The molecule has 1 aromatic rings. The van der Waals surface area contributed by atoms with Crippen molar-refractivity contribution in [2.75, 3.05) is 18.0 Å². The molecule has 0 spiro atoms. The first-order valence-corrected chi connectivity index (χ1v) is 11.1. The second-order valence-corrected chi connectivity index (χ2v) is 10.0. The largest absolute Gasteiger partial charge is 0.444 e. The van der Waals surface area contributed by atoms with Crippen molar-refractivity contribution in [2.24, 2.45) is 17.6 Å². The van der Waals surface area contributed by atoms with Gasteiger partial charge in [0, 0.05) is 37.8 Å². The van der Waals surface area contributed by atoms with E-state index in [4.69, 9.17) is 10.5 Å². The molecule has 6 heteroatoms. The topological polar surface area (TPSA) is 75.9 Å². The van der Waals surface area contributed by atoms with Gasteiger partial charge in [-0.2, -0.15) is 0 Å². The number of anilines is 1. The summed E-state index contributed by atoms with van der Waals surface area (Å²) < 4.78 is 5.49. The number of benzene rings is 1. The zero-order valence-corrected chi connectivity index (χ0v) is 19.3. The molecule has 0 bridgehead atoms. The number of amides is 2. The second-order valence-electron chi connectivity index (χ2n) is 10.0. The Hall–Kier alpha value is -2.08. The van der Waals surface area contributed by atoms with Crippen molar-refractivity contribution in [3.05, 3.63) is 29.3 Å². The lowest BCUT2D eigenvalue weighted by molar-refractivity contribution is -0.117. The van der Waals surface area contributed by atoms with Crippen LogP contribution in [0.5, 0.6) is 0 Å². The molecular weight excluding hydrogens is 378 g/mol. The van der Waals surface area contributed by atoms with E-state index in [0.717, 1.165) is 43.6 Å². The normalized spacial score (nSPS) is 25.1. The number of rotatable bonds is 2. The van der Waals surface area contributed by atoms with Gasteiger partial charge in [-0.15, -0.1) is 0 Å². The van der Waals surface area contributed by atoms with Crippen LogP contribution in [0.3, 0.4) is 0 Å². The summed E-state index contributed by atoms with van der Waals surface area (Å²) in [5, 5.41) is 0. The third-order valence-corrected chi connectivity index (χ3v) is 6.58. The highest BCUT2D eigenvalue weighted by atomic mass is 16.6. The summed E-state index contributed by atoms with van der Waals surface area (Å²) in [5.41, 5.74) is 9.36. The summed E-state index contributed by atoms with van der Waals surface area (Å²) in [7, 11) is 0. The predicted octanol–water partition coefficient (Wildman–Crippen LogP) is 4.27. The smallest absolute Gasteiger partial charge is 0.410 e. The Morgan fingerprint density at radius 1 is 1.17 bits per heavy atom. The van der Waals surface area contributed by atoms with Crippen LogP contribution in [-0.2, 0) is 16.0 Å². The lowest BCUT2D eigenvalue weighted by Gasteiger charge is -2.42. The molecule has 2 amide bonds. The van der Waals surface area contributed by atoms with Gasteiger partial charge in [-0.05, 0) is 76.0 Å². The molecule has 1 aromatic carbocycles. The summed E-state index contributed by atoms with van der Waals surface area (Å²) >= 11 is 0. The molecule has 0 aromatic heterocycles. The number of ether oxygens (including phenoxy) is 1. The number of carbonyl (C=O) groups is 2. The molecule has 3 rings (SSSR count). The van der Waals surface area contributed by atoms with Crippen molar-refractivity contribution in [3.8, 4) is 0 Å². The SMILES string of the molecule is CC(=O)N1c2ccc(CC3CCN(C(=O)OC(C)(C)C)CC3)cc2C(N)[C@@H](C)[C@@H]1C. The molecule has 166 valence electrons. The predicted molar refractivity (Wildman–Crippen MR) is 119 cm³/mol. The van der Waals surface area contributed by atoms with Gasteiger partial charge in [0.1, 0.15) is 5.60 Å². The number of fused-ring (bicyclic) bond motifs is 1. The second kappa shape index (κ2) is 8.58. The van der Waals surface area contributed by atoms with Crippen molar-refractivity contribution in [2.45, 2.75) is 78.5 Å². The van der Waals surface area contributed by atoms with Gasteiger partial charge < -0.3 is 20.3 Å². The standard InChI is InChI=1S/C24H37N3O3/c1-15-16(2)27(17(3)28)21-8-7-19(14-20(21)22(15)25)13-18-9-11-26(12-10-18)23(29)30-24(4,5)6/h7-8,14-16,18,22H,9-13,25H2,1-6H3/t15-,16-,22?/m0/s1. The van der Waals surface area contributed by atoms with Crippen molar-refractivity contribution in [1.82, 2.24) is 4.90 Å². The van der Waals surface area contributed by atoms with Gasteiger partial charge in [-0.3, -0.25) is 4.79 Å². The van der Waals surface area contributed by atoms with Crippen LogP contribution in [-0.4, -0.2) is 41.6 Å². The maximum atomic E-state index is 12.3. The zero-order valence-electron chi connectivity index (χ0n) is 19.3. The molecule has 30 heavy (non-hydrogen) atoms. The minimum absolute atomic E-state index is 0.0600. The van der Waals surface area contributed by atoms with Gasteiger partial charge in [0.2, 0.25) is 5.91 Å². The van der Waals surface area contributed by atoms with Crippen LogP contribution in [0, 0.1) is 11.8 Å². The van der Waals surface area contributed by atoms with Crippen LogP contribution >= 0.6 is 0 Å². The maximum absolute atomic E-state index is 12.3. The summed E-state index contributed by atoms with van der Waals surface area (Å²) in [6.07, 6.45) is 2.69. The number of nitrogens with two attached hydrogens (primary N) is 1. The van der Waals surface area contributed by atoms with E-state index in [1.54, 1.807) is 6.92 Å². The monoisotopic (exact) mass is 415 g/mol. The highest BCUT2D eigenvalue weighted by Crippen LogP contribution is 2.40. The Kier molecular flexibility index (Phi) is 6.46. The van der Waals surface area contributed by atoms with Gasteiger partial charge in [-0.25, -0.2) is 4.79 Å². The highest BCUT2D eigenvalue weighted by Gasteiger charge is 2.36. The Morgan fingerprint density at radius 2 is 1.80 bits per heavy atom. The van der Waals surface area contributed by atoms with Crippen LogP contribution < -0.4 is 10.6 Å². The molecule has 2 N–H and O–H groups in total. The van der Waals surface area contributed by atoms with E-state index in [9.17, 15) is 9.59 Å². The van der Waals surface area contributed by atoms with E-state index in [1.807, 2.05) is 30.6 Å². The van der Waals surface area contributed by atoms with E-state index in [-0.39, 0.29) is 30.0 Å². The Labute approximate surface area is 180 Å². The molecule has 2 aliphatic rings. The average Bonchev–Trinajstić information content (AvgIpc) is 2.66. The Bertz CT molecular complexity index is 793. The number of nitrogens with zero attached hydrogens (tertiary/aromatic N) is 2. The summed E-state index contributed by atoms with van der Waals surface area (Å²) in [6.45, 7) is 13.0. The molecule has 2 heterocycles. The molecule has 6 nitrogen and oxygen atoms in total. The average molecular weight is 416 g/mol. The number of carbonyl (C=O) groups excluding carboxylic acids is 2. The summed E-state index contributed by atoms with van der Waals surface area (Å²) in [4.78, 5) is 28.2. The fraction of sp³-hybridized carbons (Fsp3) is 0.667. The summed E-state index contributed by atoms with van der Waals surface area (Å²) in [5.74, 6) is 0.792. The van der Waals surface area contributed by atoms with E-state index in [1.165, 1.54) is 5.56 Å². The third kappa shape index (κ3) is 4.80. The number of likely N-dealkylation sites (tertiary alicyclic amines) is 1. The molecule has 0 aliphatic carbocycles. The molecule has 0 radical (unpaired) electrons. The molecule has 1 saturated heterocycles. The van der Waals surface area contributed by atoms with E-state index < -0.39 is 5.60 Å². The van der Waals surface area contributed by atoms with E-state index in [0.29, 0.717) is 5.92 Å². The third-order valence-electron chi connectivity index (χ3n) is 6.58. The quantitative estimate of drug-likeness (QED) is 0.783. The maximum Gasteiger partial charge on any atom is 0.410 e. The minimum atomic E-state index is -0.460. The molecule has 2 aliphatic heterocycles. The van der Waals surface area contributed by atoms with Gasteiger partial charge in [-0.1, -0.05) is 19.1 Å². The molecule has 1 unspecified atom stereocenters. The first-order chi connectivity index (χ1) is 14.0. The van der Waals surface area contributed by atoms with Crippen molar-refractivity contribution < 1.29 is 14.3 Å². The van der Waals surface area contributed by atoms with Gasteiger partial charge in [0.15, 0.2) is 0 Å².